The molecule has 1 unspecified atom stereocenters. The highest BCUT2D eigenvalue weighted by molar-refractivity contribution is 6.33. The summed E-state index contributed by atoms with van der Waals surface area (Å²) < 4.78 is 5.36. The van der Waals surface area contributed by atoms with Crippen molar-refractivity contribution >= 4 is 23.2 Å². The Balaban J connectivity index is 2.51. The molecule has 0 fully saturated rings. The molecule has 0 spiro atoms. The van der Waals surface area contributed by atoms with Gasteiger partial charge in [0, 0.05) is 15.6 Å². The minimum Gasteiger partial charge on any atom is -0.496 e. The third-order valence-corrected chi connectivity index (χ3v) is 3.59. The van der Waals surface area contributed by atoms with Crippen molar-refractivity contribution in [1.29, 1.82) is 0 Å². The van der Waals surface area contributed by atoms with E-state index in [1.54, 1.807) is 25.3 Å². The third kappa shape index (κ3) is 3.03. The van der Waals surface area contributed by atoms with Gasteiger partial charge >= 0.3 is 0 Å². The van der Waals surface area contributed by atoms with Gasteiger partial charge in [-0.25, -0.2) is 0 Å². The summed E-state index contributed by atoms with van der Waals surface area (Å²) in [6.07, 6.45) is 0. The smallest absolute Gasteiger partial charge is 0.123 e. The Bertz CT molecular complexity index is 599. The maximum atomic E-state index is 6.31. The summed E-state index contributed by atoms with van der Waals surface area (Å²) in [6, 6.07) is 10.8. The Hall–Kier alpha value is -1.22. The zero-order valence-electron chi connectivity index (χ0n) is 10.8. The van der Waals surface area contributed by atoms with Crippen molar-refractivity contribution < 1.29 is 4.74 Å². The van der Waals surface area contributed by atoms with Crippen molar-refractivity contribution in [2.75, 3.05) is 7.11 Å². The molecule has 0 heterocycles. The van der Waals surface area contributed by atoms with Gasteiger partial charge < -0.3 is 10.5 Å². The van der Waals surface area contributed by atoms with Crippen LogP contribution in [0.5, 0.6) is 5.75 Å². The first kappa shape index (κ1) is 14.2. The van der Waals surface area contributed by atoms with E-state index in [0.717, 1.165) is 22.4 Å². The van der Waals surface area contributed by atoms with Crippen molar-refractivity contribution in [2.24, 2.45) is 5.73 Å². The topological polar surface area (TPSA) is 35.2 Å². The Kier molecular flexibility index (Phi) is 4.35. The number of nitrogens with two attached hydrogens (primary N) is 1. The van der Waals surface area contributed by atoms with Gasteiger partial charge in [0.2, 0.25) is 0 Å². The van der Waals surface area contributed by atoms with Crippen molar-refractivity contribution in [1.82, 2.24) is 0 Å². The van der Waals surface area contributed by atoms with E-state index in [1.807, 2.05) is 25.1 Å². The molecule has 2 aromatic carbocycles. The first-order valence-electron chi connectivity index (χ1n) is 5.88. The highest BCUT2D eigenvalue weighted by Gasteiger charge is 2.17. The van der Waals surface area contributed by atoms with Gasteiger partial charge in [-0.1, -0.05) is 40.9 Å². The summed E-state index contributed by atoms with van der Waals surface area (Å²) in [5.74, 6) is 0.745. The minimum absolute atomic E-state index is 0.374. The summed E-state index contributed by atoms with van der Waals surface area (Å²) in [7, 11) is 1.63. The first-order chi connectivity index (χ1) is 9.02. The molecule has 4 heteroatoms. The fourth-order valence-electron chi connectivity index (χ4n) is 2.02. The van der Waals surface area contributed by atoms with Crippen LogP contribution >= 0.6 is 23.2 Å². The van der Waals surface area contributed by atoms with E-state index in [9.17, 15) is 0 Å². The summed E-state index contributed by atoms with van der Waals surface area (Å²) >= 11 is 12.2. The molecule has 0 aliphatic heterocycles. The number of benzene rings is 2. The number of hydrogen-bond donors (Lipinski definition) is 1. The van der Waals surface area contributed by atoms with Gasteiger partial charge in [0.05, 0.1) is 13.2 Å². The van der Waals surface area contributed by atoms with E-state index < -0.39 is 0 Å². The van der Waals surface area contributed by atoms with Gasteiger partial charge in [0.15, 0.2) is 0 Å². The number of methoxy groups -OCH3 is 1. The van der Waals surface area contributed by atoms with Gasteiger partial charge in [0.1, 0.15) is 5.75 Å². The van der Waals surface area contributed by atoms with Gasteiger partial charge in [0.25, 0.3) is 0 Å². The van der Waals surface area contributed by atoms with Gasteiger partial charge in [-0.05, 0) is 36.8 Å². The second kappa shape index (κ2) is 5.83. The lowest BCUT2D eigenvalue weighted by molar-refractivity contribution is 0.407. The van der Waals surface area contributed by atoms with E-state index in [2.05, 4.69) is 0 Å². The van der Waals surface area contributed by atoms with Gasteiger partial charge in [-0.15, -0.1) is 0 Å². The Morgan fingerprint density at radius 3 is 2.47 bits per heavy atom. The SMILES string of the molecule is COc1ccc(C)cc1C(N)c1cc(Cl)ccc1Cl. The second-order valence-electron chi connectivity index (χ2n) is 4.39. The molecule has 2 rings (SSSR count). The molecule has 0 aliphatic rings. The van der Waals surface area contributed by atoms with Gasteiger partial charge in [-0.3, -0.25) is 0 Å². The Labute approximate surface area is 123 Å². The lowest BCUT2D eigenvalue weighted by Crippen LogP contribution is -2.14. The first-order valence-corrected chi connectivity index (χ1v) is 6.63. The van der Waals surface area contributed by atoms with Crippen molar-refractivity contribution in [2.45, 2.75) is 13.0 Å². The van der Waals surface area contributed by atoms with Crippen molar-refractivity contribution in [3.05, 3.63) is 63.1 Å². The molecule has 100 valence electrons. The maximum absolute atomic E-state index is 6.31. The van der Waals surface area contributed by atoms with Crippen molar-refractivity contribution in [3.63, 3.8) is 0 Å². The average Bonchev–Trinajstić information content (AvgIpc) is 2.40. The predicted molar refractivity (Wildman–Crippen MR) is 80.2 cm³/mol. The number of rotatable bonds is 3. The number of aryl methyl sites for hydroxylation is 1. The van der Waals surface area contributed by atoms with Crippen molar-refractivity contribution in [3.8, 4) is 5.75 Å². The molecule has 2 N–H and O–H groups in total. The zero-order chi connectivity index (χ0) is 14.0. The molecule has 2 aromatic rings. The minimum atomic E-state index is -0.374. The average molecular weight is 296 g/mol. The Morgan fingerprint density at radius 2 is 1.79 bits per heavy atom. The molecule has 0 aliphatic carbocycles. The highest BCUT2D eigenvalue weighted by Crippen LogP contribution is 2.33. The molecular formula is C15H15Cl2NO. The van der Waals surface area contributed by atoms with E-state index in [-0.39, 0.29) is 6.04 Å². The molecule has 19 heavy (non-hydrogen) atoms. The zero-order valence-corrected chi connectivity index (χ0v) is 12.3. The number of hydrogen-bond acceptors (Lipinski definition) is 2. The Morgan fingerprint density at radius 1 is 1.05 bits per heavy atom. The molecule has 0 amide bonds. The van der Waals surface area contributed by atoms with Crippen LogP contribution in [0, 0.1) is 6.92 Å². The summed E-state index contributed by atoms with van der Waals surface area (Å²) in [6.45, 7) is 2.01. The van der Waals surface area contributed by atoms with E-state index in [1.165, 1.54) is 0 Å². The molecule has 0 radical (unpaired) electrons. The van der Waals surface area contributed by atoms with E-state index >= 15 is 0 Å². The van der Waals surface area contributed by atoms with Gasteiger partial charge in [-0.2, -0.15) is 0 Å². The van der Waals surface area contributed by atoms with E-state index in [0.29, 0.717) is 10.0 Å². The number of halogens is 2. The fourth-order valence-corrected chi connectivity index (χ4v) is 2.43. The summed E-state index contributed by atoms with van der Waals surface area (Å²) in [5, 5.41) is 1.21. The van der Waals surface area contributed by atoms with E-state index in [4.69, 9.17) is 33.7 Å². The lowest BCUT2D eigenvalue weighted by atomic mass is 9.97. The molecule has 0 saturated carbocycles. The molecule has 0 saturated heterocycles. The fraction of sp³-hybridized carbons (Fsp3) is 0.200. The van der Waals surface area contributed by atoms with Crippen LogP contribution in [0.25, 0.3) is 0 Å². The van der Waals surface area contributed by atoms with Crippen LogP contribution in [0.15, 0.2) is 36.4 Å². The summed E-state index contributed by atoms with van der Waals surface area (Å²) in [4.78, 5) is 0. The van der Waals surface area contributed by atoms with Crippen LogP contribution in [0.3, 0.4) is 0 Å². The highest BCUT2D eigenvalue weighted by atomic mass is 35.5. The monoisotopic (exact) mass is 295 g/mol. The van der Waals surface area contributed by atoms with Crippen LogP contribution in [-0.4, -0.2) is 7.11 Å². The normalized spacial score (nSPS) is 12.3. The van der Waals surface area contributed by atoms with Crippen LogP contribution in [0.1, 0.15) is 22.7 Å². The summed E-state index contributed by atoms with van der Waals surface area (Å²) in [5.41, 5.74) is 9.11. The number of ether oxygens (including phenoxy) is 1. The van der Waals surface area contributed by atoms with Crippen LogP contribution < -0.4 is 10.5 Å². The van der Waals surface area contributed by atoms with Crippen LogP contribution in [-0.2, 0) is 0 Å². The lowest BCUT2D eigenvalue weighted by Gasteiger charge is -2.18. The quantitative estimate of drug-likeness (QED) is 0.913. The molecular weight excluding hydrogens is 281 g/mol. The largest absolute Gasteiger partial charge is 0.496 e. The molecule has 0 aromatic heterocycles. The van der Waals surface area contributed by atoms with Crippen LogP contribution in [0.4, 0.5) is 0 Å². The third-order valence-electron chi connectivity index (χ3n) is 3.01. The molecule has 2 nitrogen and oxygen atoms in total. The maximum Gasteiger partial charge on any atom is 0.123 e. The molecule has 0 bridgehead atoms. The predicted octanol–water partition coefficient (Wildman–Crippen LogP) is 4.36. The molecule has 1 atom stereocenters. The van der Waals surface area contributed by atoms with Crippen LogP contribution in [0.2, 0.25) is 10.0 Å². The second-order valence-corrected chi connectivity index (χ2v) is 5.23. The standard InChI is InChI=1S/C15H15Cl2NO/c1-9-3-6-14(19-2)12(7-9)15(18)11-8-10(16)4-5-13(11)17/h3-8,15H,18H2,1-2H3.